The Balaban J connectivity index is 1.99. The number of imidazole rings is 1. The van der Waals surface area contributed by atoms with Gasteiger partial charge in [-0.2, -0.15) is 0 Å². The summed E-state index contributed by atoms with van der Waals surface area (Å²) in [6.07, 6.45) is 4.07. The topological polar surface area (TPSA) is 75.0 Å². The Kier molecular flexibility index (Phi) is 2.73. The zero-order chi connectivity index (χ0) is 10.8. The molecule has 0 aromatic carbocycles. The highest BCUT2D eigenvalue weighted by Crippen LogP contribution is 2.19. The molecule has 0 bridgehead atoms. The van der Waals surface area contributed by atoms with E-state index in [1.807, 2.05) is 11.8 Å². The van der Waals surface area contributed by atoms with Crippen molar-refractivity contribution in [1.82, 2.24) is 14.9 Å². The van der Waals surface area contributed by atoms with Crippen LogP contribution in [0.5, 0.6) is 0 Å². The van der Waals surface area contributed by atoms with Crippen molar-refractivity contribution in [2.24, 2.45) is 11.7 Å². The summed E-state index contributed by atoms with van der Waals surface area (Å²) in [4.78, 5) is 20.4. The predicted octanol–water partition coefficient (Wildman–Crippen LogP) is 0.219. The van der Waals surface area contributed by atoms with Crippen molar-refractivity contribution in [1.29, 1.82) is 0 Å². The molecular weight excluding hydrogens is 192 g/mol. The minimum Gasteiger partial charge on any atom is -0.341 e. The summed E-state index contributed by atoms with van der Waals surface area (Å²) in [5.41, 5.74) is 6.38. The van der Waals surface area contributed by atoms with Crippen LogP contribution in [-0.4, -0.2) is 39.9 Å². The number of rotatable bonds is 2. The molecule has 3 N–H and O–H groups in total. The van der Waals surface area contributed by atoms with Crippen LogP contribution in [0.3, 0.4) is 0 Å². The first-order chi connectivity index (χ1) is 7.18. The third-order valence-corrected chi connectivity index (χ3v) is 2.98. The minimum atomic E-state index is 0.0238. The van der Waals surface area contributed by atoms with Crippen LogP contribution in [0.4, 0.5) is 0 Å². The van der Waals surface area contributed by atoms with E-state index >= 15 is 0 Å². The third-order valence-electron chi connectivity index (χ3n) is 2.98. The van der Waals surface area contributed by atoms with Crippen LogP contribution in [0.1, 0.15) is 23.8 Å². The number of nitrogens with zero attached hydrogens (tertiary/aromatic N) is 2. The van der Waals surface area contributed by atoms with Gasteiger partial charge in [-0.25, -0.2) is 4.98 Å². The van der Waals surface area contributed by atoms with Gasteiger partial charge >= 0.3 is 0 Å². The van der Waals surface area contributed by atoms with Gasteiger partial charge in [0.15, 0.2) is 0 Å². The lowest BCUT2D eigenvalue weighted by Crippen LogP contribution is -2.33. The van der Waals surface area contributed by atoms with E-state index in [0.717, 1.165) is 19.5 Å². The normalized spacial score (nSPS) is 23.1. The number of likely N-dealkylation sites (tertiary alicyclic amines) is 1. The van der Waals surface area contributed by atoms with E-state index in [1.165, 1.54) is 6.33 Å². The smallest absolute Gasteiger partial charge is 0.271 e. The van der Waals surface area contributed by atoms with E-state index in [0.29, 0.717) is 11.6 Å². The first-order valence-electron chi connectivity index (χ1n) is 5.21. The van der Waals surface area contributed by atoms with E-state index in [1.54, 1.807) is 6.20 Å². The Morgan fingerprint density at radius 2 is 2.60 bits per heavy atom. The van der Waals surface area contributed by atoms with Gasteiger partial charge in [-0.15, -0.1) is 0 Å². The number of carbonyl (C=O) groups is 1. The molecule has 15 heavy (non-hydrogen) atoms. The Hall–Kier alpha value is -1.36. The molecule has 0 radical (unpaired) electrons. The molecule has 2 atom stereocenters. The molecule has 1 aliphatic rings. The summed E-state index contributed by atoms with van der Waals surface area (Å²) in [5.74, 6) is 0.451. The molecule has 2 heterocycles. The molecule has 1 amide bonds. The lowest BCUT2D eigenvalue weighted by atomic mass is 10.0. The molecule has 1 saturated heterocycles. The van der Waals surface area contributed by atoms with Crippen LogP contribution in [-0.2, 0) is 0 Å². The first-order valence-corrected chi connectivity index (χ1v) is 5.21. The summed E-state index contributed by atoms with van der Waals surface area (Å²) in [6, 6.07) is 0.157. The number of amides is 1. The van der Waals surface area contributed by atoms with Crippen molar-refractivity contribution < 1.29 is 4.79 Å². The standard InChI is InChI=1S/C10H16N4O/c1-7(11)8-2-3-14(5-8)10(15)9-4-12-6-13-9/h4,6-8H,2-3,5,11H2,1H3,(H,12,13). The predicted molar refractivity (Wildman–Crippen MR) is 56.2 cm³/mol. The van der Waals surface area contributed by atoms with Crippen LogP contribution in [0.25, 0.3) is 0 Å². The lowest BCUT2D eigenvalue weighted by Gasteiger charge is -2.17. The first kappa shape index (κ1) is 10.2. The van der Waals surface area contributed by atoms with Crippen LogP contribution in [0.15, 0.2) is 12.5 Å². The van der Waals surface area contributed by atoms with Crippen LogP contribution in [0, 0.1) is 5.92 Å². The molecule has 1 aliphatic heterocycles. The zero-order valence-corrected chi connectivity index (χ0v) is 8.81. The monoisotopic (exact) mass is 208 g/mol. The third kappa shape index (κ3) is 2.02. The van der Waals surface area contributed by atoms with Gasteiger partial charge in [0.05, 0.1) is 12.5 Å². The quantitative estimate of drug-likeness (QED) is 0.730. The average Bonchev–Trinajstić information content (AvgIpc) is 2.88. The van der Waals surface area contributed by atoms with Gasteiger partial charge in [-0.05, 0) is 19.3 Å². The van der Waals surface area contributed by atoms with Crippen molar-refractivity contribution >= 4 is 5.91 Å². The van der Waals surface area contributed by atoms with Gasteiger partial charge in [0, 0.05) is 19.1 Å². The molecule has 2 unspecified atom stereocenters. The Bertz CT molecular complexity index is 333. The van der Waals surface area contributed by atoms with E-state index in [-0.39, 0.29) is 11.9 Å². The second kappa shape index (κ2) is 4.02. The molecule has 1 aromatic heterocycles. The fraction of sp³-hybridized carbons (Fsp3) is 0.600. The molecule has 2 rings (SSSR count). The SMILES string of the molecule is CC(N)C1CCN(C(=O)c2cnc[nH]2)C1. The number of aromatic nitrogens is 2. The van der Waals surface area contributed by atoms with Crippen molar-refractivity contribution in [3.63, 3.8) is 0 Å². The molecule has 5 nitrogen and oxygen atoms in total. The number of carbonyl (C=O) groups excluding carboxylic acids is 1. The molecule has 1 fully saturated rings. The summed E-state index contributed by atoms with van der Waals surface area (Å²) < 4.78 is 0. The van der Waals surface area contributed by atoms with Gasteiger partial charge in [-0.1, -0.05) is 0 Å². The molecule has 0 aliphatic carbocycles. The molecule has 0 saturated carbocycles. The number of hydrogen-bond acceptors (Lipinski definition) is 3. The van der Waals surface area contributed by atoms with Crippen molar-refractivity contribution in [3.05, 3.63) is 18.2 Å². The molecular formula is C10H16N4O. The van der Waals surface area contributed by atoms with Crippen LogP contribution >= 0.6 is 0 Å². The zero-order valence-electron chi connectivity index (χ0n) is 8.81. The van der Waals surface area contributed by atoms with Crippen molar-refractivity contribution in [2.75, 3.05) is 13.1 Å². The number of H-pyrrole nitrogens is 1. The van der Waals surface area contributed by atoms with Crippen LogP contribution < -0.4 is 5.73 Å². The second-order valence-corrected chi connectivity index (χ2v) is 4.12. The largest absolute Gasteiger partial charge is 0.341 e. The van der Waals surface area contributed by atoms with Gasteiger partial charge in [0.2, 0.25) is 0 Å². The fourth-order valence-electron chi connectivity index (χ4n) is 1.94. The number of nitrogens with one attached hydrogen (secondary N) is 1. The van der Waals surface area contributed by atoms with Crippen molar-refractivity contribution in [2.45, 2.75) is 19.4 Å². The number of nitrogens with two attached hydrogens (primary N) is 1. The Morgan fingerprint density at radius 1 is 1.80 bits per heavy atom. The summed E-state index contributed by atoms with van der Waals surface area (Å²) in [7, 11) is 0. The van der Waals surface area contributed by atoms with E-state index < -0.39 is 0 Å². The highest BCUT2D eigenvalue weighted by atomic mass is 16.2. The fourth-order valence-corrected chi connectivity index (χ4v) is 1.94. The summed E-state index contributed by atoms with van der Waals surface area (Å²) in [5, 5.41) is 0. The Labute approximate surface area is 88.7 Å². The number of aromatic amines is 1. The maximum absolute atomic E-state index is 11.9. The van der Waals surface area contributed by atoms with Gasteiger partial charge < -0.3 is 15.6 Å². The second-order valence-electron chi connectivity index (χ2n) is 4.12. The lowest BCUT2D eigenvalue weighted by molar-refractivity contribution is 0.0781. The Morgan fingerprint density at radius 3 is 3.13 bits per heavy atom. The molecule has 82 valence electrons. The highest BCUT2D eigenvalue weighted by molar-refractivity contribution is 5.92. The van der Waals surface area contributed by atoms with Crippen molar-refractivity contribution in [3.8, 4) is 0 Å². The van der Waals surface area contributed by atoms with E-state index in [9.17, 15) is 4.79 Å². The maximum Gasteiger partial charge on any atom is 0.271 e. The maximum atomic E-state index is 11.9. The van der Waals surface area contributed by atoms with Gasteiger partial charge in [-0.3, -0.25) is 4.79 Å². The van der Waals surface area contributed by atoms with E-state index in [4.69, 9.17) is 5.73 Å². The summed E-state index contributed by atoms with van der Waals surface area (Å²) >= 11 is 0. The molecule has 5 heteroatoms. The van der Waals surface area contributed by atoms with Gasteiger partial charge in [0.1, 0.15) is 5.69 Å². The summed E-state index contributed by atoms with van der Waals surface area (Å²) in [6.45, 7) is 3.55. The van der Waals surface area contributed by atoms with E-state index in [2.05, 4.69) is 9.97 Å². The molecule has 1 aromatic rings. The van der Waals surface area contributed by atoms with Crippen LogP contribution in [0.2, 0.25) is 0 Å². The molecule has 0 spiro atoms. The van der Waals surface area contributed by atoms with Gasteiger partial charge in [0.25, 0.3) is 5.91 Å². The minimum absolute atomic E-state index is 0.0238. The average molecular weight is 208 g/mol. The highest BCUT2D eigenvalue weighted by Gasteiger charge is 2.29. The number of hydrogen-bond donors (Lipinski definition) is 2.